The van der Waals surface area contributed by atoms with Gasteiger partial charge in [-0.05, 0) is 42.8 Å². The quantitative estimate of drug-likeness (QED) is 0.564. The Kier molecular flexibility index (Phi) is 7.05. The Hall–Kier alpha value is -3.80. The van der Waals surface area contributed by atoms with E-state index in [1.54, 1.807) is 24.3 Å². The van der Waals surface area contributed by atoms with E-state index in [9.17, 15) is 9.59 Å². The summed E-state index contributed by atoms with van der Waals surface area (Å²) in [5, 5.41) is 5.58. The molecule has 0 unspecified atom stereocenters. The van der Waals surface area contributed by atoms with Crippen LogP contribution in [0.15, 0.2) is 83.1 Å². The van der Waals surface area contributed by atoms with E-state index in [0.29, 0.717) is 24.4 Å². The minimum atomic E-state index is -0.380. The summed E-state index contributed by atoms with van der Waals surface area (Å²) in [6.45, 7) is 2.89. The van der Waals surface area contributed by atoms with E-state index < -0.39 is 0 Å². The van der Waals surface area contributed by atoms with Gasteiger partial charge in [-0.15, -0.1) is 0 Å². The molecule has 0 fully saturated rings. The Bertz CT molecular complexity index is 1010. The van der Waals surface area contributed by atoms with Crippen LogP contribution in [-0.4, -0.2) is 32.0 Å². The van der Waals surface area contributed by atoms with Crippen molar-refractivity contribution in [3.63, 3.8) is 0 Å². The first-order valence-electron chi connectivity index (χ1n) is 9.71. The lowest BCUT2D eigenvalue weighted by Crippen LogP contribution is -2.38. The van der Waals surface area contributed by atoms with Crippen LogP contribution in [0.1, 0.15) is 21.7 Å². The number of carbonyl (C=O) groups is 2. The average Bonchev–Trinajstić information content (AvgIpc) is 3.27. The molecule has 0 saturated carbocycles. The first kappa shape index (κ1) is 20.9. The van der Waals surface area contributed by atoms with Crippen LogP contribution in [0.5, 0.6) is 0 Å². The Balaban J connectivity index is 1.67. The van der Waals surface area contributed by atoms with E-state index in [2.05, 4.69) is 10.6 Å². The minimum Gasteiger partial charge on any atom is -0.465 e. The van der Waals surface area contributed by atoms with Gasteiger partial charge in [-0.3, -0.25) is 9.59 Å². The van der Waals surface area contributed by atoms with Crippen LogP contribution in [0.25, 0.3) is 6.08 Å². The third kappa shape index (κ3) is 5.61. The van der Waals surface area contributed by atoms with Gasteiger partial charge in [-0.25, -0.2) is 0 Å². The lowest BCUT2D eigenvalue weighted by atomic mass is 10.1. The van der Waals surface area contributed by atoms with Gasteiger partial charge in [0, 0.05) is 37.5 Å². The molecule has 30 heavy (non-hydrogen) atoms. The fourth-order valence-electron chi connectivity index (χ4n) is 2.94. The van der Waals surface area contributed by atoms with Crippen molar-refractivity contribution in [2.75, 3.05) is 25.0 Å². The number of rotatable bonds is 8. The number of furan rings is 1. The predicted octanol–water partition coefficient (Wildman–Crippen LogP) is 3.61. The van der Waals surface area contributed by atoms with Crippen molar-refractivity contribution in [1.29, 1.82) is 0 Å². The number of aryl methyl sites for hydroxylation is 1. The molecule has 2 N–H and O–H groups in total. The normalized spacial score (nSPS) is 11.1. The second-order valence-corrected chi connectivity index (χ2v) is 6.86. The van der Waals surface area contributed by atoms with Gasteiger partial charge in [0.1, 0.15) is 11.5 Å². The molecular formula is C24H25N3O3. The largest absolute Gasteiger partial charge is 0.465 e. The Morgan fingerprint density at radius 1 is 1.00 bits per heavy atom. The zero-order valence-corrected chi connectivity index (χ0v) is 17.1. The maximum absolute atomic E-state index is 12.8. The number of benzene rings is 2. The van der Waals surface area contributed by atoms with Crippen LogP contribution >= 0.6 is 0 Å². The molecule has 0 aliphatic heterocycles. The van der Waals surface area contributed by atoms with E-state index in [4.69, 9.17) is 4.42 Å². The van der Waals surface area contributed by atoms with Crippen molar-refractivity contribution in [3.8, 4) is 0 Å². The van der Waals surface area contributed by atoms with Crippen molar-refractivity contribution in [1.82, 2.24) is 10.6 Å². The molecule has 0 radical (unpaired) electrons. The fourth-order valence-corrected chi connectivity index (χ4v) is 2.94. The topological polar surface area (TPSA) is 74.6 Å². The summed E-state index contributed by atoms with van der Waals surface area (Å²) < 4.78 is 5.31. The molecule has 0 aliphatic rings. The zero-order valence-electron chi connectivity index (χ0n) is 17.1. The van der Waals surface area contributed by atoms with Gasteiger partial charge in [0.15, 0.2) is 0 Å². The van der Waals surface area contributed by atoms with E-state index in [-0.39, 0.29) is 17.5 Å². The number of amides is 2. The molecule has 0 spiro atoms. The van der Waals surface area contributed by atoms with Crippen molar-refractivity contribution in [2.24, 2.45) is 0 Å². The van der Waals surface area contributed by atoms with Gasteiger partial charge in [0.05, 0.1) is 6.26 Å². The molecule has 1 heterocycles. The monoisotopic (exact) mass is 403 g/mol. The van der Waals surface area contributed by atoms with Gasteiger partial charge in [0.2, 0.25) is 0 Å². The highest BCUT2D eigenvalue weighted by Gasteiger charge is 2.16. The Morgan fingerprint density at radius 3 is 2.43 bits per heavy atom. The lowest BCUT2D eigenvalue weighted by molar-refractivity contribution is -0.117. The summed E-state index contributed by atoms with van der Waals surface area (Å²) in [7, 11) is 1.96. The molecule has 3 rings (SSSR count). The number of likely N-dealkylation sites (N-methyl/N-ethyl adjacent to an activating group) is 1. The fraction of sp³-hybridized carbons (Fsp3) is 0.167. The minimum absolute atomic E-state index is 0.126. The summed E-state index contributed by atoms with van der Waals surface area (Å²) in [4.78, 5) is 27.5. The average molecular weight is 403 g/mol. The second-order valence-electron chi connectivity index (χ2n) is 6.86. The standard InChI is InChI=1S/C24H25N3O3/c1-18-9-6-7-13-21(18)23(28)26-22(17-20-12-8-16-30-20)24(29)25-14-15-27(2)19-10-4-3-5-11-19/h3-13,16-17H,14-15H2,1-2H3,(H,25,29)(H,26,28)/b22-17-. The Labute approximate surface area is 176 Å². The second kappa shape index (κ2) is 10.1. The number of hydrogen-bond acceptors (Lipinski definition) is 4. The number of nitrogens with one attached hydrogen (secondary N) is 2. The number of hydrogen-bond donors (Lipinski definition) is 2. The number of anilines is 1. The van der Waals surface area contributed by atoms with Crippen LogP contribution in [-0.2, 0) is 4.79 Å². The molecule has 0 saturated heterocycles. The smallest absolute Gasteiger partial charge is 0.268 e. The van der Waals surface area contributed by atoms with Gasteiger partial charge >= 0.3 is 0 Å². The van der Waals surface area contributed by atoms with Crippen LogP contribution in [0.4, 0.5) is 5.69 Å². The lowest BCUT2D eigenvalue weighted by Gasteiger charge is -2.19. The van der Waals surface area contributed by atoms with Gasteiger partial charge in [-0.1, -0.05) is 36.4 Å². The molecule has 0 bridgehead atoms. The summed E-state index contributed by atoms with van der Waals surface area (Å²) in [6.07, 6.45) is 3.03. The van der Waals surface area contributed by atoms with Crippen molar-refractivity contribution >= 4 is 23.6 Å². The summed E-state index contributed by atoms with van der Waals surface area (Å²) in [5.74, 6) is -0.246. The Morgan fingerprint density at radius 2 is 1.73 bits per heavy atom. The predicted molar refractivity (Wildman–Crippen MR) is 118 cm³/mol. The van der Waals surface area contributed by atoms with Gasteiger partial charge in [0.25, 0.3) is 11.8 Å². The zero-order chi connectivity index (χ0) is 21.3. The maximum Gasteiger partial charge on any atom is 0.268 e. The highest BCUT2D eigenvalue weighted by Crippen LogP contribution is 2.11. The SMILES string of the molecule is Cc1ccccc1C(=O)N/C(=C\c1ccco1)C(=O)NCCN(C)c1ccccc1. The highest BCUT2D eigenvalue weighted by atomic mass is 16.3. The van der Waals surface area contributed by atoms with Gasteiger partial charge in [-0.2, -0.15) is 0 Å². The third-order valence-electron chi connectivity index (χ3n) is 4.64. The molecule has 2 amide bonds. The molecule has 6 heteroatoms. The van der Waals surface area contributed by atoms with Crippen LogP contribution in [0.3, 0.4) is 0 Å². The molecule has 2 aromatic carbocycles. The van der Waals surface area contributed by atoms with E-state index in [1.165, 1.54) is 12.3 Å². The van der Waals surface area contributed by atoms with Gasteiger partial charge < -0.3 is 20.0 Å². The van der Waals surface area contributed by atoms with E-state index in [0.717, 1.165) is 11.3 Å². The first-order valence-corrected chi connectivity index (χ1v) is 9.71. The van der Waals surface area contributed by atoms with Crippen LogP contribution in [0, 0.1) is 6.92 Å². The van der Waals surface area contributed by atoms with Crippen LogP contribution < -0.4 is 15.5 Å². The third-order valence-corrected chi connectivity index (χ3v) is 4.64. The van der Waals surface area contributed by atoms with E-state index >= 15 is 0 Å². The highest BCUT2D eigenvalue weighted by molar-refractivity contribution is 6.05. The van der Waals surface area contributed by atoms with Crippen molar-refractivity contribution in [3.05, 3.63) is 95.6 Å². The first-order chi connectivity index (χ1) is 14.5. The molecule has 0 aliphatic carbocycles. The number of nitrogens with zero attached hydrogens (tertiary/aromatic N) is 1. The summed E-state index contributed by atoms with van der Waals surface area (Å²) >= 11 is 0. The molecule has 0 atom stereocenters. The molecular weight excluding hydrogens is 378 g/mol. The van der Waals surface area contributed by atoms with Crippen molar-refractivity contribution < 1.29 is 14.0 Å². The summed E-state index contributed by atoms with van der Waals surface area (Å²) in [5.41, 5.74) is 2.53. The molecule has 1 aromatic heterocycles. The number of carbonyl (C=O) groups excluding carboxylic acids is 2. The number of para-hydroxylation sites is 1. The van der Waals surface area contributed by atoms with Crippen molar-refractivity contribution in [2.45, 2.75) is 6.92 Å². The molecule has 6 nitrogen and oxygen atoms in total. The molecule has 154 valence electrons. The van der Waals surface area contributed by atoms with Crippen LogP contribution in [0.2, 0.25) is 0 Å². The maximum atomic E-state index is 12.8. The summed E-state index contributed by atoms with van der Waals surface area (Å²) in [6, 6.07) is 20.6. The van der Waals surface area contributed by atoms with E-state index in [1.807, 2.05) is 61.3 Å². The molecule has 3 aromatic rings.